The van der Waals surface area contributed by atoms with E-state index in [-0.39, 0.29) is 5.82 Å². The van der Waals surface area contributed by atoms with Gasteiger partial charge in [0.25, 0.3) is 0 Å². The van der Waals surface area contributed by atoms with Gasteiger partial charge in [-0.25, -0.2) is 4.39 Å². The maximum Gasteiger partial charge on any atom is 0.131 e. The first-order valence-corrected chi connectivity index (χ1v) is 6.42. The third-order valence-electron chi connectivity index (χ3n) is 3.36. The molecular formula is C17H14FN. The van der Waals surface area contributed by atoms with Crippen LogP contribution in [0.3, 0.4) is 0 Å². The van der Waals surface area contributed by atoms with Gasteiger partial charge in [-0.3, -0.25) is 4.98 Å². The molecule has 0 aliphatic rings. The first-order chi connectivity index (χ1) is 9.29. The molecule has 0 saturated heterocycles. The van der Waals surface area contributed by atoms with Gasteiger partial charge < -0.3 is 0 Å². The lowest BCUT2D eigenvalue weighted by molar-refractivity contribution is 0.629. The largest absolute Gasteiger partial charge is 0.256 e. The SMILES string of the molecule is CCc1ccc(-c2cccc3cccnc23)c(F)c1. The highest BCUT2D eigenvalue weighted by atomic mass is 19.1. The van der Waals surface area contributed by atoms with Gasteiger partial charge in [0.2, 0.25) is 0 Å². The fraction of sp³-hybridized carbons (Fsp3) is 0.118. The van der Waals surface area contributed by atoms with Crippen LogP contribution in [0.15, 0.2) is 54.7 Å². The van der Waals surface area contributed by atoms with Gasteiger partial charge in [-0.15, -0.1) is 0 Å². The second-order valence-corrected chi connectivity index (χ2v) is 4.55. The lowest BCUT2D eigenvalue weighted by Gasteiger charge is -2.08. The summed E-state index contributed by atoms with van der Waals surface area (Å²) in [7, 11) is 0. The minimum Gasteiger partial charge on any atom is -0.256 e. The smallest absolute Gasteiger partial charge is 0.131 e. The molecule has 94 valence electrons. The fourth-order valence-corrected chi connectivity index (χ4v) is 2.32. The summed E-state index contributed by atoms with van der Waals surface area (Å²) in [4.78, 5) is 4.37. The first-order valence-electron chi connectivity index (χ1n) is 6.42. The quantitative estimate of drug-likeness (QED) is 0.648. The van der Waals surface area contributed by atoms with Crippen molar-refractivity contribution in [1.29, 1.82) is 0 Å². The van der Waals surface area contributed by atoms with Gasteiger partial charge in [0.05, 0.1) is 5.52 Å². The Bertz CT molecular complexity index is 729. The van der Waals surface area contributed by atoms with Crippen molar-refractivity contribution < 1.29 is 4.39 Å². The molecule has 0 unspecified atom stereocenters. The number of aromatic nitrogens is 1. The Morgan fingerprint density at radius 3 is 2.63 bits per heavy atom. The third-order valence-corrected chi connectivity index (χ3v) is 3.36. The highest BCUT2D eigenvalue weighted by molar-refractivity contribution is 5.93. The molecule has 0 bridgehead atoms. The Labute approximate surface area is 111 Å². The average molecular weight is 251 g/mol. The number of fused-ring (bicyclic) bond motifs is 1. The van der Waals surface area contributed by atoms with Gasteiger partial charge in [-0.05, 0) is 24.1 Å². The molecule has 0 spiro atoms. The molecule has 2 aromatic carbocycles. The maximum absolute atomic E-state index is 14.2. The van der Waals surface area contributed by atoms with Crippen molar-refractivity contribution in [1.82, 2.24) is 4.98 Å². The molecule has 0 N–H and O–H groups in total. The van der Waals surface area contributed by atoms with Crippen molar-refractivity contribution >= 4 is 10.9 Å². The van der Waals surface area contributed by atoms with Crippen LogP contribution >= 0.6 is 0 Å². The van der Waals surface area contributed by atoms with Crippen LogP contribution in [0.1, 0.15) is 12.5 Å². The van der Waals surface area contributed by atoms with Gasteiger partial charge in [-0.2, -0.15) is 0 Å². The zero-order valence-corrected chi connectivity index (χ0v) is 10.7. The highest BCUT2D eigenvalue weighted by Crippen LogP contribution is 2.29. The number of halogens is 1. The summed E-state index contributed by atoms with van der Waals surface area (Å²) >= 11 is 0. The lowest BCUT2D eigenvalue weighted by atomic mass is 9.99. The summed E-state index contributed by atoms with van der Waals surface area (Å²) in [6, 6.07) is 15.2. The van der Waals surface area contributed by atoms with Crippen molar-refractivity contribution in [2.24, 2.45) is 0 Å². The van der Waals surface area contributed by atoms with Crippen LogP contribution in [0.5, 0.6) is 0 Å². The molecule has 2 heteroatoms. The molecule has 0 radical (unpaired) electrons. The number of nitrogens with zero attached hydrogens (tertiary/aromatic N) is 1. The predicted octanol–water partition coefficient (Wildman–Crippen LogP) is 4.60. The minimum atomic E-state index is -0.183. The Hall–Kier alpha value is -2.22. The van der Waals surface area contributed by atoms with E-state index < -0.39 is 0 Å². The monoisotopic (exact) mass is 251 g/mol. The van der Waals surface area contributed by atoms with Gasteiger partial charge in [0.1, 0.15) is 5.82 Å². The zero-order valence-electron chi connectivity index (χ0n) is 10.7. The van der Waals surface area contributed by atoms with E-state index in [0.29, 0.717) is 5.56 Å². The van der Waals surface area contributed by atoms with Crippen LogP contribution < -0.4 is 0 Å². The molecule has 0 amide bonds. The van der Waals surface area contributed by atoms with Crippen LogP contribution in [-0.4, -0.2) is 4.98 Å². The molecule has 0 aliphatic carbocycles. The summed E-state index contributed by atoms with van der Waals surface area (Å²) < 4.78 is 14.2. The number of rotatable bonds is 2. The summed E-state index contributed by atoms with van der Waals surface area (Å²) in [6.45, 7) is 2.02. The van der Waals surface area contributed by atoms with E-state index in [4.69, 9.17) is 0 Å². The first kappa shape index (κ1) is 11.8. The molecule has 1 heterocycles. The predicted molar refractivity (Wildman–Crippen MR) is 76.5 cm³/mol. The van der Waals surface area contributed by atoms with Crippen molar-refractivity contribution in [3.8, 4) is 11.1 Å². The van der Waals surface area contributed by atoms with E-state index in [1.165, 1.54) is 0 Å². The Balaban J connectivity index is 2.24. The van der Waals surface area contributed by atoms with Crippen molar-refractivity contribution in [3.05, 3.63) is 66.1 Å². The topological polar surface area (TPSA) is 12.9 Å². The summed E-state index contributed by atoms with van der Waals surface area (Å²) in [5.41, 5.74) is 3.31. The van der Waals surface area contributed by atoms with Crippen LogP contribution in [0.25, 0.3) is 22.0 Å². The second kappa shape index (κ2) is 4.81. The van der Waals surface area contributed by atoms with E-state index >= 15 is 0 Å². The molecule has 3 rings (SSSR count). The van der Waals surface area contributed by atoms with Gasteiger partial charge in [0.15, 0.2) is 0 Å². The number of hydrogen-bond donors (Lipinski definition) is 0. The number of aryl methyl sites for hydroxylation is 1. The highest BCUT2D eigenvalue weighted by Gasteiger charge is 2.09. The molecule has 1 aromatic heterocycles. The van der Waals surface area contributed by atoms with E-state index in [9.17, 15) is 4.39 Å². The average Bonchev–Trinajstić information content (AvgIpc) is 2.46. The molecule has 0 atom stereocenters. The fourth-order valence-electron chi connectivity index (χ4n) is 2.32. The minimum absolute atomic E-state index is 0.183. The van der Waals surface area contributed by atoms with Gasteiger partial charge in [0, 0.05) is 22.7 Å². The van der Waals surface area contributed by atoms with E-state index in [1.54, 1.807) is 12.3 Å². The lowest BCUT2D eigenvalue weighted by Crippen LogP contribution is -1.90. The molecule has 0 fully saturated rings. The van der Waals surface area contributed by atoms with Crippen LogP contribution in [0, 0.1) is 5.82 Å². The Morgan fingerprint density at radius 2 is 1.84 bits per heavy atom. The Morgan fingerprint density at radius 1 is 1.00 bits per heavy atom. The normalized spacial score (nSPS) is 10.8. The number of pyridine rings is 1. The van der Waals surface area contributed by atoms with E-state index in [0.717, 1.165) is 28.5 Å². The summed E-state index contributed by atoms with van der Waals surface area (Å²) in [6.07, 6.45) is 2.58. The third kappa shape index (κ3) is 2.10. The van der Waals surface area contributed by atoms with Crippen molar-refractivity contribution in [2.45, 2.75) is 13.3 Å². The van der Waals surface area contributed by atoms with Gasteiger partial charge in [-0.1, -0.05) is 43.3 Å². The maximum atomic E-state index is 14.2. The number of hydrogen-bond acceptors (Lipinski definition) is 1. The van der Waals surface area contributed by atoms with Crippen LogP contribution in [-0.2, 0) is 6.42 Å². The van der Waals surface area contributed by atoms with Crippen molar-refractivity contribution in [3.63, 3.8) is 0 Å². The second-order valence-electron chi connectivity index (χ2n) is 4.55. The molecular weight excluding hydrogens is 237 g/mol. The molecule has 0 saturated carbocycles. The van der Waals surface area contributed by atoms with E-state index in [2.05, 4.69) is 4.98 Å². The number of benzene rings is 2. The summed E-state index contributed by atoms with van der Waals surface area (Å²) in [5, 5.41) is 1.03. The Kier molecular flexibility index (Phi) is 3.00. The van der Waals surface area contributed by atoms with E-state index in [1.807, 2.05) is 49.4 Å². The van der Waals surface area contributed by atoms with Crippen LogP contribution in [0.2, 0.25) is 0 Å². The standard InChI is InChI=1S/C17H14FN/c1-2-12-8-9-14(16(18)11-12)15-7-3-5-13-6-4-10-19-17(13)15/h3-11H,2H2,1H3. The van der Waals surface area contributed by atoms with Crippen molar-refractivity contribution in [2.75, 3.05) is 0 Å². The molecule has 19 heavy (non-hydrogen) atoms. The molecule has 0 aliphatic heterocycles. The number of para-hydroxylation sites is 1. The van der Waals surface area contributed by atoms with Gasteiger partial charge >= 0.3 is 0 Å². The molecule has 3 aromatic rings. The zero-order chi connectivity index (χ0) is 13.2. The summed E-state index contributed by atoms with van der Waals surface area (Å²) in [5.74, 6) is -0.183. The van der Waals surface area contributed by atoms with Crippen LogP contribution in [0.4, 0.5) is 4.39 Å². The molecule has 1 nitrogen and oxygen atoms in total.